The molecule has 0 aliphatic heterocycles. The molecule has 1 rings (SSSR count). The van der Waals surface area contributed by atoms with Gasteiger partial charge in [-0.3, -0.25) is 9.69 Å². The van der Waals surface area contributed by atoms with Gasteiger partial charge in [-0.15, -0.1) is 0 Å². The SMILES string of the molecule is CC(C)COC(=O)N(C)c1ncccc1COC(=O)[C@@H](N)C(C)C. The van der Waals surface area contributed by atoms with Crippen molar-refractivity contribution in [2.24, 2.45) is 17.6 Å². The zero-order valence-electron chi connectivity index (χ0n) is 15.0. The molecule has 0 saturated carbocycles. The van der Waals surface area contributed by atoms with Crippen molar-refractivity contribution in [3.63, 3.8) is 0 Å². The number of rotatable bonds is 7. The molecule has 0 bridgehead atoms. The lowest BCUT2D eigenvalue weighted by Gasteiger charge is -2.20. The van der Waals surface area contributed by atoms with Crippen molar-refractivity contribution in [1.29, 1.82) is 0 Å². The molecule has 134 valence electrons. The van der Waals surface area contributed by atoms with E-state index in [4.69, 9.17) is 15.2 Å². The first-order valence-corrected chi connectivity index (χ1v) is 8.00. The molecular formula is C17H27N3O4. The molecule has 1 amide bonds. The first-order valence-electron chi connectivity index (χ1n) is 8.00. The third-order valence-corrected chi connectivity index (χ3v) is 3.36. The summed E-state index contributed by atoms with van der Waals surface area (Å²) in [5, 5.41) is 0. The summed E-state index contributed by atoms with van der Waals surface area (Å²) in [6.07, 6.45) is 1.06. The van der Waals surface area contributed by atoms with Crippen molar-refractivity contribution >= 4 is 17.9 Å². The van der Waals surface area contributed by atoms with Crippen molar-refractivity contribution in [3.8, 4) is 0 Å². The van der Waals surface area contributed by atoms with Crippen LogP contribution < -0.4 is 10.6 Å². The number of pyridine rings is 1. The van der Waals surface area contributed by atoms with Crippen LogP contribution in [0.3, 0.4) is 0 Å². The van der Waals surface area contributed by atoms with Gasteiger partial charge in [0.15, 0.2) is 0 Å². The number of hydrogen-bond acceptors (Lipinski definition) is 6. The molecule has 0 radical (unpaired) electrons. The summed E-state index contributed by atoms with van der Waals surface area (Å²) in [5.41, 5.74) is 6.37. The summed E-state index contributed by atoms with van der Waals surface area (Å²) < 4.78 is 10.4. The van der Waals surface area contributed by atoms with Gasteiger partial charge in [-0.1, -0.05) is 33.8 Å². The topological polar surface area (TPSA) is 94.7 Å². The molecular weight excluding hydrogens is 310 g/mol. The lowest BCUT2D eigenvalue weighted by Crippen LogP contribution is -2.37. The molecule has 24 heavy (non-hydrogen) atoms. The average molecular weight is 337 g/mol. The lowest BCUT2D eigenvalue weighted by atomic mass is 10.1. The minimum atomic E-state index is -0.682. The van der Waals surface area contributed by atoms with Gasteiger partial charge in [-0.2, -0.15) is 0 Å². The van der Waals surface area contributed by atoms with Gasteiger partial charge >= 0.3 is 12.1 Å². The van der Waals surface area contributed by atoms with E-state index >= 15 is 0 Å². The smallest absolute Gasteiger partial charge is 0.415 e. The van der Waals surface area contributed by atoms with E-state index in [1.165, 1.54) is 4.90 Å². The molecule has 0 spiro atoms. The second-order valence-electron chi connectivity index (χ2n) is 6.39. The van der Waals surface area contributed by atoms with Crippen molar-refractivity contribution in [1.82, 2.24) is 4.98 Å². The van der Waals surface area contributed by atoms with E-state index in [-0.39, 0.29) is 18.4 Å². The normalized spacial score (nSPS) is 12.2. The average Bonchev–Trinajstić information content (AvgIpc) is 2.56. The molecule has 2 N–H and O–H groups in total. The Bertz CT molecular complexity index is 561. The molecule has 0 aromatic carbocycles. The quantitative estimate of drug-likeness (QED) is 0.767. The van der Waals surface area contributed by atoms with Gasteiger partial charge in [0.1, 0.15) is 18.5 Å². The standard InChI is InChI=1S/C17H27N3O4/c1-11(2)9-24-17(22)20(5)15-13(7-6-8-19-15)10-23-16(21)14(18)12(3)4/h6-8,11-12,14H,9-10,18H2,1-5H3/t14-/m0/s1. The maximum atomic E-state index is 12.1. The maximum Gasteiger partial charge on any atom is 0.415 e. The summed E-state index contributed by atoms with van der Waals surface area (Å²) in [6.45, 7) is 7.92. The molecule has 1 heterocycles. The second-order valence-corrected chi connectivity index (χ2v) is 6.39. The van der Waals surface area contributed by atoms with Crippen LogP contribution in [0.2, 0.25) is 0 Å². The maximum absolute atomic E-state index is 12.1. The van der Waals surface area contributed by atoms with Crippen LogP contribution in [0.15, 0.2) is 18.3 Å². The Morgan fingerprint density at radius 3 is 2.50 bits per heavy atom. The lowest BCUT2D eigenvalue weighted by molar-refractivity contribution is -0.147. The Morgan fingerprint density at radius 1 is 1.25 bits per heavy atom. The third kappa shape index (κ3) is 5.81. The van der Waals surface area contributed by atoms with Crippen LogP contribution in [0.1, 0.15) is 33.3 Å². The predicted molar refractivity (Wildman–Crippen MR) is 91.4 cm³/mol. The zero-order chi connectivity index (χ0) is 18.3. The van der Waals surface area contributed by atoms with Crippen LogP contribution in [0, 0.1) is 11.8 Å². The number of aromatic nitrogens is 1. The Labute approximate surface area is 143 Å². The second kappa shape index (κ2) is 9.22. The van der Waals surface area contributed by atoms with E-state index < -0.39 is 18.1 Å². The number of anilines is 1. The van der Waals surface area contributed by atoms with Crippen molar-refractivity contribution in [3.05, 3.63) is 23.9 Å². The van der Waals surface area contributed by atoms with Crippen LogP contribution in [0.5, 0.6) is 0 Å². The zero-order valence-corrected chi connectivity index (χ0v) is 15.0. The van der Waals surface area contributed by atoms with Crippen molar-refractivity contribution < 1.29 is 19.1 Å². The highest BCUT2D eigenvalue weighted by Gasteiger charge is 2.21. The molecule has 0 fully saturated rings. The summed E-state index contributed by atoms with van der Waals surface area (Å²) in [7, 11) is 1.57. The largest absolute Gasteiger partial charge is 0.460 e. The first kappa shape index (κ1) is 19.9. The Kier molecular flexibility index (Phi) is 7.64. The van der Waals surface area contributed by atoms with Crippen LogP contribution >= 0.6 is 0 Å². The molecule has 0 saturated heterocycles. The molecule has 0 unspecified atom stereocenters. The molecule has 1 aromatic heterocycles. The van der Waals surface area contributed by atoms with Gasteiger partial charge in [-0.05, 0) is 17.9 Å². The summed E-state index contributed by atoms with van der Waals surface area (Å²) in [4.78, 5) is 29.4. The van der Waals surface area contributed by atoms with Crippen LogP contribution in [0.4, 0.5) is 10.6 Å². The van der Waals surface area contributed by atoms with Gasteiger partial charge in [0.2, 0.25) is 0 Å². The first-order chi connectivity index (χ1) is 11.2. The molecule has 7 heteroatoms. The molecule has 1 atom stereocenters. The monoisotopic (exact) mass is 337 g/mol. The molecule has 0 aliphatic carbocycles. The van der Waals surface area contributed by atoms with Crippen LogP contribution in [0.25, 0.3) is 0 Å². The van der Waals surface area contributed by atoms with E-state index in [1.807, 2.05) is 27.7 Å². The van der Waals surface area contributed by atoms with E-state index in [1.54, 1.807) is 25.4 Å². The van der Waals surface area contributed by atoms with Crippen molar-refractivity contribution in [2.75, 3.05) is 18.6 Å². The summed E-state index contributed by atoms with van der Waals surface area (Å²) in [6, 6.07) is 2.77. The Balaban J connectivity index is 2.77. The highest BCUT2D eigenvalue weighted by molar-refractivity contribution is 5.86. The van der Waals surface area contributed by atoms with Crippen LogP contribution in [-0.2, 0) is 20.9 Å². The minimum Gasteiger partial charge on any atom is -0.460 e. The van der Waals surface area contributed by atoms with E-state index in [2.05, 4.69) is 4.98 Å². The highest BCUT2D eigenvalue weighted by atomic mass is 16.6. The Hall–Kier alpha value is -2.15. The van der Waals surface area contributed by atoms with E-state index in [0.29, 0.717) is 18.0 Å². The summed E-state index contributed by atoms with van der Waals surface area (Å²) >= 11 is 0. The molecule has 0 aliphatic rings. The number of nitrogens with zero attached hydrogens (tertiary/aromatic N) is 2. The fraction of sp³-hybridized carbons (Fsp3) is 0.588. The number of carbonyl (C=O) groups is 2. The predicted octanol–water partition coefficient (Wildman–Crippen LogP) is 2.34. The van der Waals surface area contributed by atoms with E-state index in [9.17, 15) is 9.59 Å². The number of esters is 1. The molecule has 7 nitrogen and oxygen atoms in total. The van der Waals surface area contributed by atoms with Gasteiger partial charge in [0.05, 0.1) is 6.61 Å². The fourth-order valence-corrected chi connectivity index (χ4v) is 1.78. The number of hydrogen-bond donors (Lipinski definition) is 1. The van der Waals surface area contributed by atoms with Crippen molar-refractivity contribution in [2.45, 2.75) is 40.3 Å². The number of ether oxygens (including phenoxy) is 2. The fourth-order valence-electron chi connectivity index (χ4n) is 1.78. The Morgan fingerprint density at radius 2 is 1.92 bits per heavy atom. The number of carbonyl (C=O) groups excluding carboxylic acids is 2. The van der Waals surface area contributed by atoms with Gasteiger partial charge in [0.25, 0.3) is 0 Å². The van der Waals surface area contributed by atoms with E-state index in [0.717, 1.165) is 0 Å². The third-order valence-electron chi connectivity index (χ3n) is 3.36. The highest BCUT2D eigenvalue weighted by Crippen LogP contribution is 2.18. The van der Waals surface area contributed by atoms with Crippen LogP contribution in [-0.4, -0.2) is 36.7 Å². The molecule has 1 aromatic rings. The number of amides is 1. The minimum absolute atomic E-state index is 0.00970. The van der Waals surface area contributed by atoms with Gasteiger partial charge in [-0.25, -0.2) is 9.78 Å². The summed E-state index contributed by atoms with van der Waals surface area (Å²) in [5.74, 6) is 0.130. The number of nitrogens with two attached hydrogens (primary N) is 1. The van der Waals surface area contributed by atoms with Gasteiger partial charge < -0.3 is 15.2 Å². The van der Waals surface area contributed by atoms with Gasteiger partial charge in [0, 0.05) is 18.8 Å².